The van der Waals surface area contributed by atoms with Crippen molar-refractivity contribution in [3.05, 3.63) is 34.9 Å². The molecule has 0 saturated carbocycles. The summed E-state index contributed by atoms with van der Waals surface area (Å²) in [5.74, 6) is 1.32. The second-order valence-corrected chi connectivity index (χ2v) is 8.65. The first kappa shape index (κ1) is 25.1. The zero-order valence-corrected chi connectivity index (χ0v) is 19.3. The number of hydrogen-bond donors (Lipinski definition) is 2. The molecule has 172 valence electrons. The molecule has 2 rings (SSSR count). The monoisotopic (exact) mass is 454 g/mol. The SMILES string of the molecule is C/C=C\SC(C1=NCC(C(=N)/C=C\CC(F)F)=C2CC(NC(=O)OC)CN12)C(C)CC. The Kier molecular flexibility index (Phi) is 9.74. The third kappa shape index (κ3) is 6.66. The summed E-state index contributed by atoms with van der Waals surface area (Å²) in [5, 5.41) is 13.5. The van der Waals surface area contributed by atoms with Crippen LogP contribution >= 0.6 is 11.8 Å². The van der Waals surface area contributed by atoms with Crippen molar-refractivity contribution in [1.82, 2.24) is 10.2 Å². The fourth-order valence-electron chi connectivity index (χ4n) is 3.62. The van der Waals surface area contributed by atoms with Crippen molar-refractivity contribution in [2.75, 3.05) is 20.2 Å². The molecule has 0 aromatic carbocycles. The number of rotatable bonds is 10. The summed E-state index contributed by atoms with van der Waals surface area (Å²) in [6.45, 7) is 7.18. The van der Waals surface area contributed by atoms with Crippen molar-refractivity contribution >= 4 is 29.4 Å². The number of aliphatic imine (C=N–C) groups is 1. The van der Waals surface area contributed by atoms with Gasteiger partial charge in [-0.3, -0.25) is 4.99 Å². The molecule has 0 aromatic heterocycles. The van der Waals surface area contributed by atoms with Crippen LogP contribution < -0.4 is 5.32 Å². The van der Waals surface area contributed by atoms with E-state index in [1.54, 1.807) is 11.8 Å². The molecule has 1 saturated heterocycles. The zero-order chi connectivity index (χ0) is 23.0. The molecule has 3 unspecified atom stereocenters. The van der Waals surface area contributed by atoms with Crippen molar-refractivity contribution in [1.29, 1.82) is 5.41 Å². The lowest BCUT2D eigenvalue weighted by Gasteiger charge is -2.34. The number of carbonyl (C=O) groups is 1. The predicted molar refractivity (Wildman–Crippen MR) is 123 cm³/mol. The number of thioether (sulfide) groups is 1. The minimum Gasteiger partial charge on any atom is -0.453 e. The molecule has 1 fully saturated rings. The molecule has 2 aliphatic heterocycles. The van der Waals surface area contributed by atoms with Gasteiger partial charge < -0.3 is 20.4 Å². The maximum atomic E-state index is 12.5. The summed E-state index contributed by atoms with van der Waals surface area (Å²) in [4.78, 5) is 18.7. The van der Waals surface area contributed by atoms with Crippen LogP contribution in [-0.4, -0.2) is 60.5 Å². The van der Waals surface area contributed by atoms with Crippen molar-refractivity contribution in [3.8, 4) is 0 Å². The van der Waals surface area contributed by atoms with Crippen LogP contribution in [0, 0.1) is 11.3 Å². The van der Waals surface area contributed by atoms with Gasteiger partial charge in [0.1, 0.15) is 5.84 Å². The van der Waals surface area contributed by atoms with Gasteiger partial charge in [-0.15, -0.1) is 11.8 Å². The molecule has 0 radical (unpaired) electrons. The van der Waals surface area contributed by atoms with Crippen molar-refractivity contribution in [3.63, 3.8) is 0 Å². The van der Waals surface area contributed by atoms with Crippen molar-refractivity contribution in [2.45, 2.75) is 57.8 Å². The molecule has 0 aromatic rings. The number of hydrogen-bond acceptors (Lipinski definition) is 6. The highest BCUT2D eigenvalue weighted by molar-refractivity contribution is 8.03. The summed E-state index contributed by atoms with van der Waals surface area (Å²) < 4.78 is 29.7. The maximum Gasteiger partial charge on any atom is 0.407 e. The standard InChI is InChI=1S/C22H32F2N4O2S/c1-5-10-31-20(14(3)6-2)21-26-12-16(17(25)8-7-9-19(23)24)18-11-15(13-28(18)21)27-22(29)30-4/h5,7-8,10,14-15,19-20,25H,6,9,11-13H2,1-4H3,(H,27,29)/b8-7-,10-5-,25-17?. The third-order valence-corrected chi connectivity index (χ3v) is 6.80. The minimum atomic E-state index is -2.44. The van der Waals surface area contributed by atoms with Crippen molar-refractivity contribution in [2.24, 2.45) is 10.9 Å². The van der Waals surface area contributed by atoms with Gasteiger partial charge in [0.2, 0.25) is 6.43 Å². The lowest BCUT2D eigenvalue weighted by molar-refractivity contribution is 0.152. The molecule has 0 bridgehead atoms. The van der Waals surface area contributed by atoms with Crippen LogP contribution in [0.4, 0.5) is 13.6 Å². The topological polar surface area (TPSA) is 77.8 Å². The van der Waals surface area contributed by atoms with Crippen LogP contribution in [0.2, 0.25) is 0 Å². The van der Waals surface area contributed by atoms with Gasteiger partial charge in [-0.05, 0) is 24.3 Å². The van der Waals surface area contributed by atoms with E-state index in [4.69, 9.17) is 15.1 Å². The Bertz CT molecular complexity index is 779. The number of alkyl carbamates (subject to hydrolysis) is 1. The fraction of sp³-hybridized carbons (Fsp3) is 0.591. The number of ether oxygens (including phenoxy) is 1. The third-order valence-electron chi connectivity index (χ3n) is 5.40. The van der Waals surface area contributed by atoms with Crippen LogP contribution in [0.3, 0.4) is 0 Å². The molecule has 0 spiro atoms. The smallest absolute Gasteiger partial charge is 0.407 e. The first-order chi connectivity index (χ1) is 14.8. The number of amides is 1. The minimum absolute atomic E-state index is 0.137. The highest BCUT2D eigenvalue weighted by atomic mass is 32.2. The van der Waals surface area contributed by atoms with Gasteiger partial charge in [0, 0.05) is 30.7 Å². The van der Waals surface area contributed by atoms with E-state index in [0.29, 0.717) is 31.0 Å². The van der Waals surface area contributed by atoms with Crippen LogP contribution in [0.5, 0.6) is 0 Å². The summed E-state index contributed by atoms with van der Waals surface area (Å²) in [6, 6.07) is -0.178. The molecular weight excluding hydrogens is 422 g/mol. The molecule has 9 heteroatoms. The number of fused-ring (bicyclic) bond motifs is 1. The Morgan fingerprint density at radius 1 is 1.48 bits per heavy atom. The van der Waals surface area contributed by atoms with Gasteiger partial charge in [0.05, 0.1) is 30.7 Å². The molecule has 2 heterocycles. The summed E-state index contributed by atoms with van der Waals surface area (Å²) in [5.41, 5.74) is 1.82. The summed E-state index contributed by atoms with van der Waals surface area (Å²) in [7, 11) is 1.32. The highest BCUT2D eigenvalue weighted by Gasteiger charge is 2.39. The molecule has 6 nitrogen and oxygen atoms in total. The van der Waals surface area contributed by atoms with E-state index < -0.39 is 12.5 Å². The van der Waals surface area contributed by atoms with Gasteiger partial charge in [0.25, 0.3) is 0 Å². The molecule has 0 aliphatic carbocycles. The van der Waals surface area contributed by atoms with E-state index >= 15 is 0 Å². The molecule has 2 aliphatic rings. The normalized spacial score (nSPS) is 20.9. The molecule has 3 atom stereocenters. The maximum absolute atomic E-state index is 12.5. The van der Waals surface area contributed by atoms with Crippen LogP contribution in [-0.2, 0) is 4.74 Å². The average molecular weight is 455 g/mol. The summed E-state index contributed by atoms with van der Waals surface area (Å²) >= 11 is 1.72. The average Bonchev–Trinajstić information content (AvgIpc) is 3.16. The Labute approximate surface area is 187 Å². The number of alkyl halides is 2. The predicted octanol–water partition coefficient (Wildman–Crippen LogP) is 5.00. The fourth-order valence-corrected chi connectivity index (χ4v) is 4.73. The van der Waals surface area contributed by atoms with Crippen LogP contribution in [0.1, 0.15) is 40.0 Å². The van der Waals surface area contributed by atoms with E-state index in [2.05, 4.69) is 29.5 Å². The van der Waals surface area contributed by atoms with Gasteiger partial charge in [-0.1, -0.05) is 32.4 Å². The second-order valence-electron chi connectivity index (χ2n) is 7.60. The number of nitrogens with one attached hydrogen (secondary N) is 2. The number of methoxy groups -OCH3 is 1. The molecule has 1 amide bonds. The Balaban J connectivity index is 2.35. The van der Waals surface area contributed by atoms with E-state index in [-0.39, 0.29) is 23.4 Å². The van der Waals surface area contributed by atoms with Crippen molar-refractivity contribution < 1.29 is 18.3 Å². The molecule has 31 heavy (non-hydrogen) atoms. The lowest BCUT2D eigenvalue weighted by atomic mass is 9.99. The number of halogens is 2. The highest BCUT2D eigenvalue weighted by Crippen LogP contribution is 2.35. The second kappa shape index (κ2) is 12.0. The Hall–Kier alpha value is -2.16. The van der Waals surface area contributed by atoms with E-state index in [0.717, 1.165) is 18.0 Å². The van der Waals surface area contributed by atoms with Gasteiger partial charge in [-0.2, -0.15) is 0 Å². The first-order valence-corrected chi connectivity index (χ1v) is 11.4. The molecular formula is C22H32F2N4O2S. The number of amidine groups is 1. The van der Waals surface area contributed by atoms with E-state index in [9.17, 15) is 13.6 Å². The first-order valence-electron chi connectivity index (χ1n) is 10.5. The molecule has 2 N–H and O–H groups in total. The van der Waals surface area contributed by atoms with E-state index in [1.807, 2.05) is 13.0 Å². The number of carbonyl (C=O) groups excluding carboxylic acids is 1. The van der Waals surface area contributed by atoms with Gasteiger partial charge in [-0.25, -0.2) is 13.6 Å². The number of allylic oxidation sites excluding steroid dienone is 3. The van der Waals surface area contributed by atoms with E-state index in [1.165, 1.54) is 19.3 Å². The zero-order valence-electron chi connectivity index (χ0n) is 18.5. The van der Waals surface area contributed by atoms with Crippen LogP contribution in [0.15, 0.2) is 39.9 Å². The van der Waals surface area contributed by atoms with Gasteiger partial charge in [0.15, 0.2) is 0 Å². The summed E-state index contributed by atoms with van der Waals surface area (Å²) in [6.07, 6.45) is 2.96. The quantitative estimate of drug-likeness (QED) is 0.456. The lowest BCUT2D eigenvalue weighted by Crippen LogP contribution is -2.43. The number of nitrogens with zero attached hydrogens (tertiary/aromatic N) is 2. The largest absolute Gasteiger partial charge is 0.453 e. The van der Waals surface area contributed by atoms with Crippen LogP contribution in [0.25, 0.3) is 0 Å². The van der Waals surface area contributed by atoms with Gasteiger partial charge >= 0.3 is 6.09 Å². The Morgan fingerprint density at radius 3 is 2.84 bits per heavy atom. The Morgan fingerprint density at radius 2 is 2.23 bits per heavy atom.